The Labute approximate surface area is 132 Å². The summed E-state index contributed by atoms with van der Waals surface area (Å²) in [4.78, 5) is 21.8. The molecule has 1 unspecified atom stereocenters. The maximum absolute atomic E-state index is 12.8. The van der Waals surface area contributed by atoms with Gasteiger partial charge in [-0.2, -0.15) is 0 Å². The molecule has 0 aromatic heterocycles. The van der Waals surface area contributed by atoms with E-state index in [1.54, 1.807) is 19.1 Å². The number of rotatable bonds is 6. The molecule has 0 fully saturated rings. The first-order valence-electron chi connectivity index (χ1n) is 6.88. The zero-order valence-corrected chi connectivity index (χ0v) is 12.4. The van der Waals surface area contributed by atoms with Crippen molar-refractivity contribution in [2.45, 2.75) is 13.0 Å². The summed E-state index contributed by atoms with van der Waals surface area (Å²) in [5.41, 5.74) is 0.724. The normalized spacial score (nSPS) is 11.6. The Kier molecular flexibility index (Phi) is 5.24. The Morgan fingerprint density at radius 3 is 2.39 bits per heavy atom. The van der Waals surface area contributed by atoms with Crippen molar-refractivity contribution in [3.05, 3.63) is 70.0 Å². The number of hydrogen-bond acceptors (Lipinski definition) is 4. The molecule has 2 rings (SSSR count). The molecule has 2 aromatic carbocycles. The van der Waals surface area contributed by atoms with Crippen LogP contribution in [0.3, 0.4) is 0 Å². The van der Waals surface area contributed by atoms with Crippen LogP contribution in [0.4, 0.5) is 10.1 Å². The van der Waals surface area contributed by atoms with Gasteiger partial charge in [0, 0.05) is 12.1 Å². The highest BCUT2D eigenvalue weighted by atomic mass is 19.1. The fourth-order valence-electron chi connectivity index (χ4n) is 1.93. The molecular weight excluding hydrogens is 303 g/mol. The Bertz CT molecular complexity index is 686. The lowest BCUT2D eigenvalue weighted by atomic mass is 10.1. The van der Waals surface area contributed by atoms with Crippen molar-refractivity contribution >= 4 is 11.6 Å². The maximum Gasteiger partial charge on any atom is 0.269 e. The van der Waals surface area contributed by atoms with E-state index >= 15 is 0 Å². The van der Waals surface area contributed by atoms with Crippen molar-refractivity contribution in [3.63, 3.8) is 0 Å². The van der Waals surface area contributed by atoms with Gasteiger partial charge in [-0.05, 0) is 36.8 Å². The third-order valence-electron chi connectivity index (χ3n) is 3.16. The van der Waals surface area contributed by atoms with Crippen LogP contribution in [0.25, 0.3) is 0 Å². The lowest BCUT2D eigenvalue weighted by Crippen LogP contribution is -2.31. The fraction of sp³-hybridized carbons (Fsp3) is 0.188. The Balaban J connectivity index is 1.84. The van der Waals surface area contributed by atoms with Crippen molar-refractivity contribution in [2.75, 3.05) is 6.61 Å². The van der Waals surface area contributed by atoms with Crippen LogP contribution >= 0.6 is 0 Å². The predicted octanol–water partition coefficient (Wildman–Crippen LogP) is 2.99. The van der Waals surface area contributed by atoms with Gasteiger partial charge in [0.2, 0.25) is 0 Å². The van der Waals surface area contributed by atoms with Crippen LogP contribution in [0.1, 0.15) is 18.5 Å². The molecule has 120 valence electrons. The third kappa shape index (κ3) is 4.77. The standard InChI is InChI=1S/C16H15FN2O4/c1-11(12-2-4-13(17)5-3-12)18-16(20)10-23-15-8-6-14(7-9-15)19(21)22/h2-9,11H,10H2,1H3,(H,18,20). The lowest BCUT2D eigenvalue weighted by molar-refractivity contribution is -0.384. The molecule has 6 nitrogen and oxygen atoms in total. The molecule has 0 saturated carbocycles. The van der Waals surface area contributed by atoms with Gasteiger partial charge in [-0.25, -0.2) is 4.39 Å². The molecule has 0 aliphatic rings. The number of carbonyl (C=O) groups excluding carboxylic acids is 1. The van der Waals surface area contributed by atoms with Crippen LogP contribution < -0.4 is 10.1 Å². The van der Waals surface area contributed by atoms with Gasteiger partial charge >= 0.3 is 0 Å². The summed E-state index contributed by atoms with van der Waals surface area (Å²) in [6.07, 6.45) is 0. The average molecular weight is 318 g/mol. The van der Waals surface area contributed by atoms with E-state index in [4.69, 9.17) is 4.74 Å². The number of ether oxygens (including phenoxy) is 1. The van der Waals surface area contributed by atoms with E-state index in [9.17, 15) is 19.3 Å². The zero-order valence-electron chi connectivity index (χ0n) is 12.4. The summed E-state index contributed by atoms with van der Waals surface area (Å²) in [5.74, 6) is -0.325. The molecule has 1 N–H and O–H groups in total. The van der Waals surface area contributed by atoms with Gasteiger partial charge in [-0.1, -0.05) is 12.1 Å². The first-order valence-corrected chi connectivity index (χ1v) is 6.88. The van der Waals surface area contributed by atoms with E-state index in [0.29, 0.717) is 5.75 Å². The smallest absolute Gasteiger partial charge is 0.269 e. The number of hydrogen-bond donors (Lipinski definition) is 1. The second-order valence-electron chi connectivity index (χ2n) is 4.88. The number of nitro groups is 1. The van der Waals surface area contributed by atoms with Crippen molar-refractivity contribution in [3.8, 4) is 5.75 Å². The summed E-state index contributed by atoms with van der Waals surface area (Å²) in [6.45, 7) is 1.56. The molecule has 0 spiro atoms. The van der Waals surface area contributed by atoms with E-state index in [0.717, 1.165) is 5.56 Å². The van der Waals surface area contributed by atoms with Gasteiger partial charge < -0.3 is 10.1 Å². The molecule has 1 atom stereocenters. The Morgan fingerprint density at radius 1 is 1.22 bits per heavy atom. The molecule has 7 heteroatoms. The van der Waals surface area contributed by atoms with Crippen LogP contribution in [0.5, 0.6) is 5.75 Å². The van der Waals surface area contributed by atoms with Crippen LogP contribution in [0, 0.1) is 15.9 Å². The average Bonchev–Trinajstić information content (AvgIpc) is 2.54. The van der Waals surface area contributed by atoms with Crippen LogP contribution in [-0.4, -0.2) is 17.4 Å². The topological polar surface area (TPSA) is 81.5 Å². The molecule has 23 heavy (non-hydrogen) atoms. The summed E-state index contributed by atoms with van der Waals surface area (Å²) in [6, 6.07) is 11.0. The Morgan fingerprint density at radius 2 is 1.83 bits per heavy atom. The molecule has 0 aliphatic carbocycles. The van der Waals surface area contributed by atoms with E-state index in [1.165, 1.54) is 36.4 Å². The molecule has 2 aromatic rings. The van der Waals surface area contributed by atoms with Gasteiger partial charge in [-0.15, -0.1) is 0 Å². The number of non-ortho nitro benzene ring substituents is 1. The first-order chi connectivity index (χ1) is 11.0. The quantitative estimate of drug-likeness (QED) is 0.656. The molecule has 1 amide bonds. The number of amides is 1. The second kappa shape index (κ2) is 7.35. The van der Waals surface area contributed by atoms with Crippen LogP contribution in [0.15, 0.2) is 48.5 Å². The monoisotopic (exact) mass is 318 g/mol. The van der Waals surface area contributed by atoms with Crippen molar-refractivity contribution < 1.29 is 18.8 Å². The number of halogens is 1. The minimum Gasteiger partial charge on any atom is -0.484 e. The Hall–Kier alpha value is -2.96. The number of nitrogens with one attached hydrogen (secondary N) is 1. The highest BCUT2D eigenvalue weighted by molar-refractivity contribution is 5.78. The minimum absolute atomic E-state index is 0.0493. The first kappa shape index (κ1) is 16.4. The fourth-order valence-corrected chi connectivity index (χ4v) is 1.93. The number of nitro benzene ring substituents is 1. The van der Waals surface area contributed by atoms with E-state index in [1.807, 2.05) is 0 Å². The maximum atomic E-state index is 12.8. The SMILES string of the molecule is CC(NC(=O)COc1ccc([N+](=O)[O-])cc1)c1ccc(F)cc1. The zero-order chi connectivity index (χ0) is 16.8. The molecule has 0 bridgehead atoms. The highest BCUT2D eigenvalue weighted by Crippen LogP contribution is 2.17. The van der Waals surface area contributed by atoms with Crippen molar-refractivity contribution in [1.29, 1.82) is 0 Å². The molecule has 0 heterocycles. The van der Waals surface area contributed by atoms with Crippen molar-refractivity contribution in [1.82, 2.24) is 5.32 Å². The molecule has 0 saturated heterocycles. The van der Waals surface area contributed by atoms with Gasteiger partial charge in [0.25, 0.3) is 11.6 Å². The summed E-state index contributed by atoms with van der Waals surface area (Å²) in [7, 11) is 0. The second-order valence-corrected chi connectivity index (χ2v) is 4.88. The van der Waals surface area contributed by atoms with Gasteiger partial charge in [0.15, 0.2) is 6.61 Å². The van der Waals surface area contributed by atoms with Gasteiger partial charge in [-0.3, -0.25) is 14.9 Å². The van der Waals surface area contributed by atoms with E-state index in [2.05, 4.69) is 5.32 Å². The van der Waals surface area contributed by atoms with Gasteiger partial charge in [0.1, 0.15) is 11.6 Å². The van der Waals surface area contributed by atoms with Crippen molar-refractivity contribution in [2.24, 2.45) is 0 Å². The van der Waals surface area contributed by atoms with Gasteiger partial charge in [0.05, 0.1) is 11.0 Å². The summed E-state index contributed by atoms with van der Waals surface area (Å²) in [5, 5.41) is 13.3. The van der Waals surface area contributed by atoms with E-state index < -0.39 is 4.92 Å². The minimum atomic E-state index is -0.513. The van der Waals surface area contributed by atoms with Crippen LogP contribution in [0.2, 0.25) is 0 Å². The number of carbonyl (C=O) groups is 1. The van der Waals surface area contributed by atoms with Crippen LogP contribution in [-0.2, 0) is 4.79 Å². The number of benzene rings is 2. The summed E-state index contributed by atoms with van der Waals surface area (Å²) >= 11 is 0. The lowest BCUT2D eigenvalue weighted by Gasteiger charge is -2.14. The highest BCUT2D eigenvalue weighted by Gasteiger charge is 2.11. The largest absolute Gasteiger partial charge is 0.484 e. The molecule has 0 aliphatic heterocycles. The predicted molar refractivity (Wildman–Crippen MR) is 81.5 cm³/mol. The molecular formula is C16H15FN2O4. The van der Waals surface area contributed by atoms with E-state index in [-0.39, 0.29) is 30.1 Å². The third-order valence-corrected chi connectivity index (χ3v) is 3.16. The number of nitrogens with zero attached hydrogens (tertiary/aromatic N) is 1. The summed E-state index contributed by atoms with van der Waals surface area (Å²) < 4.78 is 18.1. The molecule has 0 radical (unpaired) electrons.